The van der Waals surface area contributed by atoms with Crippen LogP contribution in [0.25, 0.3) is 5.65 Å². The topological polar surface area (TPSA) is 71.2 Å². The Balaban J connectivity index is 2.67. The molecule has 14 heavy (non-hydrogen) atoms. The average Bonchev–Trinajstić information content (AvgIpc) is 2.63. The molecule has 0 atom stereocenters. The van der Waals surface area contributed by atoms with Gasteiger partial charge in [-0.3, -0.25) is 0 Å². The average molecular weight is 193 g/mol. The van der Waals surface area contributed by atoms with E-state index in [1.54, 1.807) is 17.9 Å². The van der Waals surface area contributed by atoms with Gasteiger partial charge in [-0.05, 0) is 0 Å². The highest BCUT2D eigenvalue weighted by Crippen LogP contribution is 2.12. The van der Waals surface area contributed by atoms with Crippen molar-refractivity contribution in [3.05, 3.63) is 6.33 Å². The zero-order chi connectivity index (χ0) is 10.1. The molecule has 2 rings (SSSR count). The first-order valence-corrected chi connectivity index (χ1v) is 4.15. The van der Waals surface area contributed by atoms with E-state index in [2.05, 4.69) is 25.6 Å². The Hall–Kier alpha value is -1.92. The number of anilines is 2. The lowest BCUT2D eigenvalue weighted by Gasteiger charge is -2.10. The number of hydrogen-bond acceptors (Lipinski definition) is 6. The van der Waals surface area contributed by atoms with Crippen LogP contribution < -0.4 is 10.2 Å². The number of nitrogens with one attached hydrogen (secondary N) is 1. The first-order chi connectivity index (χ1) is 6.72. The molecule has 0 radical (unpaired) electrons. The van der Waals surface area contributed by atoms with E-state index in [1.165, 1.54) is 0 Å². The Kier molecular flexibility index (Phi) is 1.91. The van der Waals surface area contributed by atoms with Gasteiger partial charge in [0.1, 0.15) is 6.33 Å². The van der Waals surface area contributed by atoms with Crippen LogP contribution in [0.2, 0.25) is 0 Å². The van der Waals surface area contributed by atoms with Gasteiger partial charge in [0, 0.05) is 21.1 Å². The van der Waals surface area contributed by atoms with E-state index >= 15 is 0 Å². The molecule has 74 valence electrons. The Morgan fingerprint density at radius 3 is 2.86 bits per heavy atom. The standard InChI is InChI=1S/C7H11N7/c1-8-5-6-11-9-4-14(6)12-7(10-5)13(2)3/h4H,1-3H3,(H,8,10,12). The first kappa shape index (κ1) is 8.67. The van der Waals surface area contributed by atoms with Crippen molar-refractivity contribution in [1.82, 2.24) is 24.8 Å². The van der Waals surface area contributed by atoms with Crippen LogP contribution >= 0.6 is 0 Å². The fourth-order valence-electron chi connectivity index (χ4n) is 1.08. The molecular formula is C7H11N7. The number of nitrogens with zero attached hydrogens (tertiary/aromatic N) is 6. The molecule has 0 bridgehead atoms. The lowest BCUT2D eigenvalue weighted by Crippen LogP contribution is -2.15. The van der Waals surface area contributed by atoms with Crippen LogP contribution in [0, 0.1) is 0 Å². The highest BCUT2D eigenvalue weighted by atomic mass is 15.4. The minimum absolute atomic E-state index is 0.613. The van der Waals surface area contributed by atoms with E-state index in [9.17, 15) is 0 Å². The molecule has 0 amide bonds. The molecule has 7 nitrogen and oxygen atoms in total. The van der Waals surface area contributed by atoms with E-state index in [1.807, 2.05) is 19.0 Å². The Bertz CT molecular complexity index is 446. The summed E-state index contributed by atoms with van der Waals surface area (Å²) in [5.74, 6) is 1.28. The van der Waals surface area contributed by atoms with Gasteiger partial charge in [0.2, 0.25) is 11.6 Å². The fraction of sp³-hybridized carbons (Fsp3) is 0.429. The van der Waals surface area contributed by atoms with Crippen molar-refractivity contribution in [3.8, 4) is 0 Å². The molecular weight excluding hydrogens is 182 g/mol. The van der Waals surface area contributed by atoms with E-state index < -0.39 is 0 Å². The summed E-state index contributed by atoms with van der Waals surface area (Å²) in [7, 11) is 5.55. The van der Waals surface area contributed by atoms with Crippen LogP contribution in [-0.4, -0.2) is 45.9 Å². The van der Waals surface area contributed by atoms with Gasteiger partial charge in [-0.2, -0.15) is 9.50 Å². The van der Waals surface area contributed by atoms with Crippen molar-refractivity contribution in [2.75, 3.05) is 31.4 Å². The summed E-state index contributed by atoms with van der Waals surface area (Å²) in [5.41, 5.74) is 0.623. The summed E-state index contributed by atoms with van der Waals surface area (Å²) < 4.78 is 1.59. The fourth-order valence-corrected chi connectivity index (χ4v) is 1.08. The van der Waals surface area contributed by atoms with Crippen molar-refractivity contribution < 1.29 is 0 Å². The first-order valence-electron chi connectivity index (χ1n) is 4.15. The van der Waals surface area contributed by atoms with E-state index in [0.29, 0.717) is 17.4 Å². The molecule has 0 aliphatic heterocycles. The largest absolute Gasteiger partial charge is 0.370 e. The second-order valence-electron chi connectivity index (χ2n) is 3.00. The molecule has 0 aromatic carbocycles. The molecule has 0 unspecified atom stereocenters. The Morgan fingerprint density at radius 2 is 2.21 bits per heavy atom. The second-order valence-corrected chi connectivity index (χ2v) is 3.00. The predicted molar refractivity (Wildman–Crippen MR) is 52.5 cm³/mol. The quantitative estimate of drug-likeness (QED) is 0.701. The molecule has 0 aliphatic carbocycles. The molecule has 1 N–H and O–H groups in total. The summed E-state index contributed by atoms with van der Waals surface area (Å²) in [6, 6.07) is 0. The highest BCUT2D eigenvalue weighted by molar-refractivity contribution is 5.62. The smallest absolute Gasteiger partial charge is 0.245 e. The van der Waals surface area contributed by atoms with Gasteiger partial charge in [-0.15, -0.1) is 15.3 Å². The maximum atomic E-state index is 4.27. The normalized spacial score (nSPS) is 10.5. The summed E-state index contributed by atoms with van der Waals surface area (Å²) in [6.07, 6.45) is 1.55. The molecule has 0 aliphatic rings. The summed E-state index contributed by atoms with van der Waals surface area (Å²) in [6.45, 7) is 0. The molecule has 0 fully saturated rings. The van der Waals surface area contributed by atoms with Gasteiger partial charge in [0.05, 0.1) is 0 Å². The highest BCUT2D eigenvalue weighted by Gasteiger charge is 2.08. The van der Waals surface area contributed by atoms with Crippen LogP contribution in [0.5, 0.6) is 0 Å². The minimum Gasteiger partial charge on any atom is -0.370 e. The van der Waals surface area contributed by atoms with Crippen molar-refractivity contribution in [3.63, 3.8) is 0 Å². The van der Waals surface area contributed by atoms with Crippen molar-refractivity contribution in [2.45, 2.75) is 0 Å². The number of aromatic nitrogens is 5. The SMILES string of the molecule is CNc1nc(N(C)C)nn2cnnc12. The van der Waals surface area contributed by atoms with E-state index in [4.69, 9.17) is 0 Å². The Labute approximate surface area is 80.8 Å². The third-order valence-corrected chi connectivity index (χ3v) is 1.79. The van der Waals surface area contributed by atoms with Crippen LogP contribution in [0.4, 0.5) is 11.8 Å². The molecule has 0 saturated heterocycles. The summed E-state index contributed by atoms with van der Waals surface area (Å²) >= 11 is 0. The van der Waals surface area contributed by atoms with Gasteiger partial charge < -0.3 is 10.2 Å². The summed E-state index contributed by atoms with van der Waals surface area (Å²) in [4.78, 5) is 6.09. The maximum absolute atomic E-state index is 4.27. The van der Waals surface area contributed by atoms with Gasteiger partial charge in [-0.25, -0.2) is 0 Å². The van der Waals surface area contributed by atoms with Gasteiger partial charge in [0.15, 0.2) is 5.82 Å². The predicted octanol–water partition coefficient (Wildman–Crippen LogP) is -0.373. The van der Waals surface area contributed by atoms with Gasteiger partial charge in [-0.1, -0.05) is 0 Å². The molecule has 2 heterocycles. The third kappa shape index (κ3) is 1.22. The Morgan fingerprint density at radius 1 is 1.43 bits per heavy atom. The zero-order valence-corrected chi connectivity index (χ0v) is 8.26. The van der Waals surface area contributed by atoms with Crippen LogP contribution in [0.3, 0.4) is 0 Å². The number of hydrogen-bond donors (Lipinski definition) is 1. The molecule has 0 spiro atoms. The molecule has 0 saturated carbocycles. The van der Waals surface area contributed by atoms with Crippen molar-refractivity contribution >= 4 is 17.4 Å². The minimum atomic E-state index is 0.613. The molecule has 2 aromatic rings. The number of fused-ring (bicyclic) bond motifs is 1. The van der Waals surface area contributed by atoms with Crippen LogP contribution in [-0.2, 0) is 0 Å². The maximum Gasteiger partial charge on any atom is 0.245 e. The molecule has 2 aromatic heterocycles. The van der Waals surface area contributed by atoms with Crippen molar-refractivity contribution in [2.24, 2.45) is 0 Å². The van der Waals surface area contributed by atoms with Crippen molar-refractivity contribution in [1.29, 1.82) is 0 Å². The molecule has 7 heteroatoms. The van der Waals surface area contributed by atoms with E-state index in [0.717, 1.165) is 0 Å². The number of rotatable bonds is 2. The van der Waals surface area contributed by atoms with Gasteiger partial charge >= 0.3 is 0 Å². The second kappa shape index (κ2) is 3.09. The lowest BCUT2D eigenvalue weighted by atomic mass is 10.6. The van der Waals surface area contributed by atoms with E-state index in [-0.39, 0.29) is 0 Å². The summed E-state index contributed by atoms with van der Waals surface area (Å²) in [5, 5.41) is 14.8. The van der Waals surface area contributed by atoms with Crippen LogP contribution in [0.1, 0.15) is 0 Å². The van der Waals surface area contributed by atoms with Crippen LogP contribution in [0.15, 0.2) is 6.33 Å². The monoisotopic (exact) mass is 193 g/mol. The zero-order valence-electron chi connectivity index (χ0n) is 8.26. The van der Waals surface area contributed by atoms with Gasteiger partial charge in [0.25, 0.3) is 0 Å². The lowest BCUT2D eigenvalue weighted by molar-refractivity contribution is 0.859. The third-order valence-electron chi connectivity index (χ3n) is 1.79.